The molecule has 0 radical (unpaired) electrons. The molecule has 0 aliphatic carbocycles. The van der Waals surface area contributed by atoms with E-state index in [2.05, 4.69) is 15.4 Å². The molecule has 2 aromatic heterocycles. The van der Waals surface area contributed by atoms with Gasteiger partial charge in [-0.1, -0.05) is 23.7 Å². The molecule has 96 valence electrons. The smallest absolute Gasteiger partial charge is 0.157 e. The molecule has 0 bridgehead atoms. The molecule has 0 atom stereocenters. The van der Waals surface area contributed by atoms with Crippen molar-refractivity contribution in [2.45, 2.75) is 6.42 Å². The highest BCUT2D eigenvalue weighted by atomic mass is 35.5. The molecule has 2 heterocycles. The summed E-state index contributed by atoms with van der Waals surface area (Å²) in [5, 5.41) is 8.36. The monoisotopic (exact) mass is 272 g/mol. The van der Waals surface area contributed by atoms with Gasteiger partial charge in [0.1, 0.15) is 5.82 Å². The number of halogens is 1. The van der Waals surface area contributed by atoms with E-state index >= 15 is 0 Å². The lowest BCUT2D eigenvalue weighted by atomic mass is 10.1. The summed E-state index contributed by atoms with van der Waals surface area (Å²) in [7, 11) is 0. The number of rotatable bonds is 4. The van der Waals surface area contributed by atoms with Crippen LogP contribution in [0.5, 0.6) is 0 Å². The van der Waals surface area contributed by atoms with Gasteiger partial charge in [0.05, 0.1) is 6.20 Å². The van der Waals surface area contributed by atoms with Crippen molar-refractivity contribution in [1.82, 2.24) is 14.6 Å². The first-order valence-electron chi connectivity index (χ1n) is 6.10. The van der Waals surface area contributed by atoms with E-state index in [9.17, 15) is 0 Å². The van der Waals surface area contributed by atoms with E-state index in [4.69, 9.17) is 11.6 Å². The van der Waals surface area contributed by atoms with Crippen LogP contribution in [0.15, 0.2) is 48.8 Å². The number of fused-ring (bicyclic) bond motifs is 1. The normalized spacial score (nSPS) is 10.8. The van der Waals surface area contributed by atoms with E-state index in [1.807, 2.05) is 36.4 Å². The molecule has 1 aromatic carbocycles. The fraction of sp³-hybridized carbons (Fsp3) is 0.143. The van der Waals surface area contributed by atoms with Crippen LogP contribution < -0.4 is 5.32 Å². The van der Waals surface area contributed by atoms with E-state index in [1.165, 1.54) is 5.56 Å². The molecule has 0 fully saturated rings. The highest BCUT2D eigenvalue weighted by molar-refractivity contribution is 6.30. The molecule has 19 heavy (non-hydrogen) atoms. The lowest BCUT2D eigenvalue weighted by Gasteiger charge is -2.08. The Labute approximate surface area is 116 Å². The van der Waals surface area contributed by atoms with Crippen molar-refractivity contribution in [3.8, 4) is 0 Å². The molecule has 3 aromatic rings. The maximum atomic E-state index is 5.86. The average molecular weight is 273 g/mol. The van der Waals surface area contributed by atoms with E-state index in [-0.39, 0.29) is 0 Å². The summed E-state index contributed by atoms with van der Waals surface area (Å²) in [6, 6.07) is 11.7. The molecule has 0 saturated heterocycles. The van der Waals surface area contributed by atoms with Crippen LogP contribution in [0.25, 0.3) is 5.65 Å². The highest BCUT2D eigenvalue weighted by Gasteiger charge is 2.01. The molecule has 3 rings (SSSR count). The summed E-state index contributed by atoms with van der Waals surface area (Å²) in [4.78, 5) is 4.22. The van der Waals surface area contributed by atoms with E-state index in [1.54, 1.807) is 16.9 Å². The topological polar surface area (TPSA) is 42.2 Å². The lowest BCUT2D eigenvalue weighted by Crippen LogP contribution is -2.09. The number of hydrogen-bond acceptors (Lipinski definition) is 3. The summed E-state index contributed by atoms with van der Waals surface area (Å²) in [6.07, 6.45) is 4.45. The Morgan fingerprint density at radius 1 is 1.05 bits per heavy atom. The molecule has 0 unspecified atom stereocenters. The van der Waals surface area contributed by atoms with Gasteiger partial charge in [-0.3, -0.25) is 0 Å². The Morgan fingerprint density at radius 2 is 1.89 bits per heavy atom. The van der Waals surface area contributed by atoms with Crippen LogP contribution >= 0.6 is 11.6 Å². The molecule has 0 aliphatic heterocycles. The first-order chi connectivity index (χ1) is 9.33. The summed E-state index contributed by atoms with van der Waals surface area (Å²) < 4.78 is 1.79. The minimum absolute atomic E-state index is 0.768. The highest BCUT2D eigenvalue weighted by Crippen LogP contribution is 2.11. The Kier molecular flexibility index (Phi) is 3.33. The van der Waals surface area contributed by atoms with Gasteiger partial charge in [0, 0.05) is 23.8 Å². The lowest BCUT2D eigenvalue weighted by molar-refractivity contribution is 0.913. The van der Waals surface area contributed by atoms with Gasteiger partial charge in [-0.2, -0.15) is 9.61 Å². The minimum Gasteiger partial charge on any atom is -0.370 e. The SMILES string of the molecule is Clc1ccc(CCNc2ccnc3ccnn23)cc1. The first-order valence-corrected chi connectivity index (χ1v) is 6.48. The molecule has 0 aliphatic rings. The van der Waals surface area contributed by atoms with Gasteiger partial charge in [-0.25, -0.2) is 4.98 Å². The van der Waals surface area contributed by atoms with Crippen LogP contribution in [0, 0.1) is 0 Å². The summed E-state index contributed by atoms with van der Waals surface area (Å²) in [6.45, 7) is 0.834. The molecule has 0 saturated carbocycles. The third-order valence-electron chi connectivity index (χ3n) is 2.92. The van der Waals surface area contributed by atoms with E-state index < -0.39 is 0 Å². The fourth-order valence-electron chi connectivity index (χ4n) is 1.95. The average Bonchev–Trinajstić information content (AvgIpc) is 2.90. The third-order valence-corrected chi connectivity index (χ3v) is 3.18. The molecular weight excluding hydrogens is 260 g/mol. The third kappa shape index (κ3) is 2.69. The number of nitrogens with one attached hydrogen (secondary N) is 1. The van der Waals surface area contributed by atoms with Gasteiger partial charge < -0.3 is 5.32 Å². The summed E-state index contributed by atoms with van der Waals surface area (Å²) in [5.74, 6) is 0.948. The Bertz CT molecular complexity index is 675. The predicted molar refractivity (Wildman–Crippen MR) is 76.6 cm³/mol. The van der Waals surface area contributed by atoms with Crippen molar-refractivity contribution >= 4 is 23.1 Å². The van der Waals surface area contributed by atoms with Crippen LogP contribution in [0.3, 0.4) is 0 Å². The predicted octanol–water partition coefficient (Wildman–Crippen LogP) is 3.04. The Morgan fingerprint density at radius 3 is 2.74 bits per heavy atom. The number of benzene rings is 1. The zero-order valence-corrected chi connectivity index (χ0v) is 11.0. The Balaban J connectivity index is 1.66. The van der Waals surface area contributed by atoms with Crippen LogP contribution in [-0.4, -0.2) is 21.1 Å². The van der Waals surface area contributed by atoms with Gasteiger partial charge in [-0.05, 0) is 30.2 Å². The number of hydrogen-bond donors (Lipinski definition) is 1. The van der Waals surface area contributed by atoms with Crippen LogP contribution in [-0.2, 0) is 6.42 Å². The molecule has 0 spiro atoms. The van der Waals surface area contributed by atoms with Gasteiger partial charge in [-0.15, -0.1) is 0 Å². The van der Waals surface area contributed by atoms with Crippen molar-refractivity contribution in [1.29, 1.82) is 0 Å². The Hall–Kier alpha value is -2.07. The fourth-order valence-corrected chi connectivity index (χ4v) is 2.08. The quantitative estimate of drug-likeness (QED) is 0.794. The zero-order valence-electron chi connectivity index (χ0n) is 10.3. The van der Waals surface area contributed by atoms with Crippen LogP contribution in [0.4, 0.5) is 5.82 Å². The second-order valence-corrected chi connectivity index (χ2v) is 4.67. The number of aromatic nitrogens is 3. The maximum Gasteiger partial charge on any atom is 0.157 e. The zero-order chi connectivity index (χ0) is 13.1. The van der Waals surface area contributed by atoms with E-state index in [0.29, 0.717) is 0 Å². The van der Waals surface area contributed by atoms with Crippen molar-refractivity contribution in [3.63, 3.8) is 0 Å². The maximum absolute atomic E-state index is 5.86. The first kappa shape index (κ1) is 12.0. The second-order valence-electron chi connectivity index (χ2n) is 4.23. The van der Waals surface area contributed by atoms with Crippen LogP contribution in [0.2, 0.25) is 5.02 Å². The van der Waals surface area contributed by atoms with Crippen molar-refractivity contribution in [3.05, 3.63) is 59.4 Å². The second kappa shape index (κ2) is 5.28. The van der Waals surface area contributed by atoms with Gasteiger partial charge in [0.25, 0.3) is 0 Å². The van der Waals surface area contributed by atoms with Crippen LogP contribution in [0.1, 0.15) is 5.56 Å². The number of nitrogens with zero attached hydrogens (tertiary/aromatic N) is 3. The molecule has 5 heteroatoms. The van der Waals surface area contributed by atoms with Gasteiger partial charge >= 0.3 is 0 Å². The number of anilines is 1. The molecule has 1 N–H and O–H groups in total. The van der Waals surface area contributed by atoms with Crippen molar-refractivity contribution in [2.24, 2.45) is 0 Å². The minimum atomic E-state index is 0.768. The largest absolute Gasteiger partial charge is 0.370 e. The standard InChI is InChI=1S/C14H13ClN4/c15-12-3-1-11(2-4-12)5-8-16-13-6-9-17-14-7-10-18-19(13)14/h1-4,6-7,9-10,16H,5,8H2. The van der Waals surface area contributed by atoms with Gasteiger partial charge in [0.15, 0.2) is 5.65 Å². The van der Waals surface area contributed by atoms with Gasteiger partial charge in [0.2, 0.25) is 0 Å². The molecular formula is C14H13ClN4. The summed E-state index contributed by atoms with van der Waals surface area (Å²) >= 11 is 5.86. The summed E-state index contributed by atoms with van der Waals surface area (Å²) in [5.41, 5.74) is 2.10. The molecule has 0 amide bonds. The van der Waals surface area contributed by atoms with E-state index in [0.717, 1.165) is 29.5 Å². The van der Waals surface area contributed by atoms with Crippen molar-refractivity contribution < 1.29 is 0 Å². The molecule has 4 nitrogen and oxygen atoms in total. The van der Waals surface area contributed by atoms with Crippen molar-refractivity contribution in [2.75, 3.05) is 11.9 Å².